The third kappa shape index (κ3) is 4.23. The van der Waals surface area contributed by atoms with Crippen LogP contribution in [-0.4, -0.2) is 9.97 Å². The highest BCUT2D eigenvalue weighted by Crippen LogP contribution is 2.51. The second-order valence-corrected chi connectivity index (χ2v) is 15.6. The summed E-state index contributed by atoms with van der Waals surface area (Å²) in [5, 5.41) is 7.37. The van der Waals surface area contributed by atoms with Gasteiger partial charge in [0, 0.05) is 41.9 Å². The van der Waals surface area contributed by atoms with E-state index in [2.05, 4.69) is 166 Å². The molecule has 0 amide bonds. The van der Waals surface area contributed by atoms with Crippen LogP contribution in [-0.2, 0) is 5.41 Å². The fourth-order valence-electron chi connectivity index (χ4n) is 8.65. The first-order valence-electron chi connectivity index (χ1n) is 17.9. The van der Waals surface area contributed by atoms with Gasteiger partial charge in [0.1, 0.15) is 0 Å². The molecule has 1 aliphatic rings. The lowest BCUT2D eigenvalue weighted by molar-refractivity contribution is 0.661. The van der Waals surface area contributed by atoms with E-state index in [-0.39, 0.29) is 5.41 Å². The summed E-state index contributed by atoms with van der Waals surface area (Å²) in [6.45, 7) is 4.75. The number of hydrogen-bond donors (Lipinski definition) is 0. The first kappa shape index (κ1) is 29.6. The molecule has 8 aromatic carbocycles. The maximum atomic E-state index is 5.21. The maximum absolute atomic E-state index is 5.21. The van der Waals surface area contributed by atoms with E-state index in [0.29, 0.717) is 0 Å². The number of thiophene rings is 1. The molecule has 0 unspecified atom stereocenters. The van der Waals surface area contributed by atoms with Gasteiger partial charge in [-0.15, -0.1) is 11.3 Å². The van der Waals surface area contributed by atoms with Gasteiger partial charge in [0.25, 0.3) is 0 Å². The van der Waals surface area contributed by atoms with Crippen LogP contribution in [0.25, 0.3) is 97.4 Å². The number of hydrogen-bond acceptors (Lipinski definition) is 3. The predicted molar refractivity (Wildman–Crippen MR) is 221 cm³/mol. The molecule has 244 valence electrons. The Morgan fingerprint density at radius 3 is 1.73 bits per heavy atom. The van der Waals surface area contributed by atoms with Gasteiger partial charge in [-0.25, -0.2) is 4.98 Å². The van der Waals surface area contributed by atoms with Gasteiger partial charge in [-0.2, -0.15) is 0 Å². The second kappa shape index (κ2) is 10.9. The van der Waals surface area contributed by atoms with Crippen molar-refractivity contribution in [3.8, 4) is 44.6 Å². The first-order valence-corrected chi connectivity index (χ1v) is 18.7. The summed E-state index contributed by atoms with van der Waals surface area (Å²) in [4.78, 5) is 10.2. The highest BCUT2D eigenvalue weighted by atomic mass is 32.1. The number of nitrogens with zero attached hydrogens (tertiary/aromatic N) is 2. The molecular weight excluding hydrogens is 649 g/mol. The molecule has 2 nitrogen and oxygen atoms in total. The van der Waals surface area contributed by atoms with E-state index in [4.69, 9.17) is 9.97 Å². The van der Waals surface area contributed by atoms with E-state index >= 15 is 0 Å². The molecule has 0 N–H and O–H groups in total. The van der Waals surface area contributed by atoms with Crippen molar-refractivity contribution in [2.24, 2.45) is 0 Å². The molecule has 2 heterocycles. The minimum absolute atomic E-state index is 0.127. The lowest BCUT2D eigenvalue weighted by Crippen LogP contribution is -2.15. The van der Waals surface area contributed by atoms with Crippen molar-refractivity contribution in [1.29, 1.82) is 0 Å². The van der Waals surface area contributed by atoms with Crippen LogP contribution in [0, 0.1) is 0 Å². The van der Waals surface area contributed by atoms with Crippen molar-refractivity contribution in [3.63, 3.8) is 0 Å². The third-order valence-electron chi connectivity index (χ3n) is 11.3. The van der Waals surface area contributed by atoms with Crippen LogP contribution in [0.2, 0.25) is 0 Å². The zero-order chi connectivity index (χ0) is 34.6. The largest absolute Gasteiger partial charge is 0.252 e. The zero-order valence-corrected chi connectivity index (χ0v) is 29.6. The van der Waals surface area contributed by atoms with E-state index in [9.17, 15) is 0 Å². The average Bonchev–Trinajstić information content (AvgIpc) is 3.69. The van der Waals surface area contributed by atoms with Crippen LogP contribution in [0.1, 0.15) is 25.0 Å². The highest BCUT2D eigenvalue weighted by Gasteiger charge is 2.36. The molecule has 1 aliphatic carbocycles. The molecule has 2 aromatic heterocycles. The molecule has 0 spiro atoms. The van der Waals surface area contributed by atoms with E-state index in [1.165, 1.54) is 75.5 Å². The average molecular weight is 681 g/mol. The fourth-order valence-corrected chi connectivity index (χ4v) is 9.89. The molecule has 52 heavy (non-hydrogen) atoms. The van der Waals surface area contributed by atoms with Crippen molar-refractivity contribution < 1.29 is 0 Å². The Bertz CT molecular complexity index is 3060. The number of benzene rings is 8. The Balaban J connectivity index is 0.948. The molecule has 0 aliphatic heterocycles. The van der Waals surface area contributed by atoms with Crippen LogP contribution in [0.5, 0.6) is 0 Å². The topological polar surface area (TPSA) is 25.8 Å². The SMILES string of the molecule is CC1(C)c2cc(-c3ccc(-c4cnc5c6ccccc6c6ccccc6c5n4)cc3)ccc2-c2ccc(-c3cccc4c3sc3ccccc34)cc21. The van der Waals surface area contributed by atoms with Gasteiger partial charge in [-0.1, -0.05) is 147 Å². The fraction of sp³-hybridized carbons (Fsp3) is 0.0612. The van der Waals surface area contributed by atoms with Crippen molar-refractivity contribution in [2.45, 2.75) is 19.3 Å². The van der Waals surface area contributed by atoms with Gasteiger partial charge in [-0.05, 0) is 73.5 Å². The Labute approximate surface area is 305 Å². The van der Waals surface area contributed by atoms with Crippen molar-refractivity contribution in [1.82, 2.24) is 9.97 Å². The van der Waals surface area contributed by atoms with Crippen molar-refractivity contribution >= 4 is 64.1 Å². The molecule has 0 saturated carbocycles. The summed E-state index contributed by atoms with van der Waals surface area (Å²) in [5.74, 6) is 0. The Morgan fingerprint density at radius 1 is 0.442 bits per heavy atom. The standard InChI is InChI=1S/C49H32N2S/c1-49(2)42-26-31(22-24-36(42)37-25-23-32(27-43(37)49)33-15-9-16-41-38-12-7-8-17-45(38)52-48(33)41)29-18-20-30(21-19-29)44-28-50-46-39-13-5-3-10-34(39)35-11-4-6-14-40(35)47(46)51-44/h3-28H,1-2H3. The van der Waals surface area contributed by atoms with E-state index in [0.717, 1.165) is 33.1 Å². The second-order valence-electron chi connectivity index (χ2n) is 14.5. The van der Waals surface area contributed by atoms with Crippen LogP contribution < -0.4 is 0 Å². The lowest BCUT2D eigenvalue weighted by atomic mass is 9.81. The molecule has 0 radical (unpaired) electrons. The molecule has 10 aromatic rings. The quantitative estimate of drug-likeness (QED) is 0.174. The molecule has 0 bridgehead atoms. The van der Waals surface area contributed by atoms with Gasteiger partial charge >= 0.3 is 0 Å². The Morgan fingerprint density at radius 2 is 1.00 bits per heavy atom. The number of aromatic nitrogens is 2. The Kier molecular flexibility index (Phi) is 6.21. The van der Waals surface area contributed by atoms with E-state index in [1.807, 2.05) is 17.5 Å². The third-order valence-corrected chi connectivity index (χ3v) is 12.6. The van der Waals surface area contributed by atoms with Gasteiger partial charge in [-0.3, -0.25) is 4.98 Å². The van der Waals surface area contributed by atoms with Crippen LogP contribution in [0.4, 0.5) is 0 Å². The minimum atomic E-state index is -0.127. The smallest absolute Gasteiger partial charge is 0.0979 e. The molecule has 3 heteroatoms. The van der Waals surface area contributed by atoms with E-state index in [1.54, 1.807) is 0 Å². The van der Waals surface area contributed by atoms with Gasteiger partial charge in [0.05, 0.1) is 22.9 Å². The predicted octanol–water partition coefficient (Wildman–Crippen LogP) is 13.6. The maximum Gasteiger partial charge on any atom is 0.0979 e. The minimum Gasteiger partial charge on any atom is -0.252 e. The molecule has 0 atom stereocenters. The normalized spacial score (nSPS) is 13.3. The summed E-state index contributed by atoms with van der Waals surface area (Å²) >= 11 is 1.90. The highest BCUT2D eigenvalue weighted by molar-refractivity contribution is 7.26. The van der Waals surface area contributed by atoms with Crippen LogP contribution in [0.3, 0.4) is 0 Å². The number of rotatable bonds is 3. The first-order chi connectivity index (χ1) is 25.5. The van der Waals surface area contributed by atoms with Crippen LogP contribution in [0.15, 0.2) is 158 Å². The molecule has 0 saturated heterocycles. The monoisotopic (exact) mass is 680 g/mol. The summed E-state index contributed by atoms with van der Waals surface area (Å²) in [6, 6.07) is 55.4. The Hall–Kier alpha value is -6.16. The van der Waals surface area contributed by atoms with Gasteiger partial charge in [0.2, 0.25) is 0 Å². The van der Waals surface area contributed by atoms with Gasteiger partial charge in [0.15, 0.2) is 0 Å². The van der Waals surface area contributed by atoms with Gasteiger partial charge < -0.3 is 0 Å². The number of fused-ring (bicyclic) bond motifs is 12. The van der Waals surface area contributed by atoms with Crippen LogP contribution >= 0.6 is 11.3 Å². The lowest BCUT2D eigenvalue weighted by Gasteiger charge is -2.22. The summed E-state index contributed by atoms with van der Waals surface area (Å²) in [7, 11) is 0. The molecular formula is C49H32N2S. The van der Waals surface area contributed by atoms with Crippen molar-refractivity contribution in [3.05, 3.63) is 169 Å². The molecule has 11 rings (SSSR count). The van der Waals surface area contributed by atoms with E-state index < -0.39 is 0 Å². The summed E-state index contributed by atoms with van der Waals surface area (Å²) in [5.41, 5.74) is 14.2. The van der Waals surface area contributed by atoms with Crippen molar-refractivity contribution in [2.75, 3.05) is 0 Å². The summed E-state index contributed by atoms with van der Waals surface area (Å²) in [6.07, 6.45) is 1.92. The molecule has 0 fully saturated rings. The summed E-state index contributed by atoms with van der Waals surface area (Å²) < 4.78 is 2.70. The zero-order valence-electron chi connectivity index (χ0n) is 28.8.